The van der Waals surface area contributed by atoms with Gasteiger partial charge in [-0.3, -0.25) is 9.52 Å². The van der Waals surface area contributed by atoms with Gasteiger partial charge in [0.25, 0.3) is 15.9 Å². The van der Waals surface area contributed by atoms with Gasteiger partial charge >= 0.3 is 0 Å². The maximum absolute atomic E-state index is 13.2. The molecule has 0 unspecified atom stereocenters. The molecule has 1 aliphatic rings. The first-order chi connectivity index (χ1) is 15.4. The molecule has 1 saturated heterocycles. The molecule has 0 spiro atoms. The van der Waals surface area contributed by atoms with Crippen LogP contribution in [-0.2, 0) is 16.4 Å². The van der Waals surface area contributed by atoms with Gasteiger partial charge in [0.2, 0.25) is 0 Å². The van der Waals surface area contributed by atoms with Crippen molar-refractivity contribution < 1.29 is 17.6 Å². The van der Waals surface area contributed by atoms with E-state index in [0.717, 1.165) is 31.4 Å². The summed E-state index contributed by atoms with van der Waals surface area (Å²) >= 11 is 0. The van der Waals surface area contributed by atoms with E-state index >= 15 is 0 Å². The number of halogens is 1. The Morgan fingerprint density at radius 3 is 2.22 bits per heavy atom. The Morgan fingerprint density at radius 1 is 0.906 bits per heavy atom. The fourth-order valence-electron chi connectivity index (χ4n) is 4.03. The SMILES string of the molecule is O=C(c1ccccc1NS(=O)(=O)c1ccc(F)cc1)N1CCC(Cc2ccccc2)CC1. The normalized spacial score (nSPS) is 14.8. The standard InChI is InChI=1S/C25H25FN2O3S/c26-21-10-12-22(13-11-21)32(30,31)27-24-9-5-4-8-23(24)25(29)28-16-14-20(15-17-28)18-19-6-2-1-3-7-19/h1-13,20,27H,14-18H2. The van der Waals surface area contributed by atoms with Crippen LogP contribution in [0.25, 0.3) is 0 Å². The lowest BCUT2D eigenvalue weighted by Gasteiger charge is -2.32. The van der Waals surface area contributed by atoms with E-state index in [4.69, 9.17) is 0 Å². The molecule has 1 aliphatic heterocycles. The Balaban J connectivity index is 1.44. The first kappa shape index (κ1) is 22.0. The number of hydrogen-bond donors (Lipinski definition) is 1. The number of carbonyl (C=O) groups is 1. The molecule has 166 valence electrons. The van der Waals surface area contributed by atoms with Gasteiger partial charge in [0, 0.05) is 13.1 Å². The zero-order valence-electron chi connectivity index (χ0n) is 17.6. The van der Waals surface area contributed by atoms with Gasteiger partial charge in [-0.15, -0.1) is 0 Å². The number of hydrogen-bond acceptors (Lipinski definition) is 3. The number of rotatable bonds is 6. The van der Waals surface area contributed by atoms with Crippen LogP contribution >= 0.6 is 0 Å². The predicted molar refractivity (Wildman–Crippen MR) is 122 cm³/mol. The van der Waals surface area contributed by atoms with Crippen LogP contribution in [0.4, 0.5) is 10.1 Å². The minimum Gasteiger partial charge on any atom is -0.339 e. The summed E-state index contributed by atoms with van der Waals surface area (Å²) in [5.74, 6) is -0.190. The van der Waals surface area contributed by atoms with E-state index in [0.29, 0.717) is 24.6 Å². The Labute approximate surface area is 187 Å². The second-order valence-electron chi connectivity index (χ2n) is 8.03. The van der Waals surface area contributed by atoms with Gasteiger partial charge < -0.3 is 4.90 Å². The molecule has 7 heteroatoms. The average molecular weight is 453 g/mol. The number of piperidine rings is 1. The number of amides is 1. The van der Waals surface area contributed by atoms with Gasteiger partial charge in [0.1, 0.15) is 5.82 Å². The lowest BCUT2D eigenvalue weighted by molar-refractivity contribution is 0.0691. The molecule has 0 atom stereocenters. The average Bonchev–Trinajstić information content (AvgIpc) is 2.80. The number of sulfonamides is 1. The molecule has 3 aromatic rings. The number of nitrogens with zero attached hydrogens (tertiary/aromatic N) is 1. The highest BCUT2D eigenvalue weighted by Gasteiger charge is 2.26. The van der Waals surface area contributed by atoms with Gasteiger partial charge in [-0.2, -0.15) is 0 Å². The number of likely N-dealkylation sites (tertiary alicyclic amines) is 1. The zero-order chi connectivity index (χ0) is 22.6. The summed E-state index contributed by atoms with van der Waals surface area (Å²) in [5, 5.41) is 0. The third-order valence-electron chi connectivity index (χ3n) is 5.79. The quantitative estimate of drug-likeness (QED) is 0.588. The minimum atomic E-state index is -3.95. The van der Waals surface area contributed by atoms with Crippen LogP contribution in [0.3, 0.4) is 0 Å². The second-order valence-corrected chi connectivity index (χ2v) is 9.71. The molecular formula is C25H25FN2O3S. The van der Waals surface area contributed by atoms with Gasteiger partial charge in [0.05, 0.1) is 16.1 Å². The summed E-state index contributed by atoms with van der Waals surface area (Å²) < 4.78 is 41.1. The summed E-state index contributed by atoms with van der Waals surface area (Å²) in [7, 11) is -3.95. The fraction of sp³-hybridized carbons (Fsp3) is 0.240. The minimum absolute atomic E-state index is 0.0668. The molecule has 5 nitrogen and oxygen atoms in total. The molecule has 4 rings (SSSR count). The van der Waals surface area contributed by atoms with Crippen LogP contribution < -0.4 is 4.72 Å². The van der Waals surface area contributed by atoms with E-state index in [1.165, 1.54) is 17.7 Å². The third kappa shape index (κ3) is 5.16. The molecule has 1 heterocycles. The third-order valence-corrected chi connectivity index (χ3v) is 7.18. The van der Waals surface area contributed by atoms with Crippen molar-refractivity contribution in [2.75, 3.05) is 17.8 Å². The number of benzene rings is 3. The first-order valence-electron chi connectivity index (χ1n) is 10.6. The highest BCUT2D eigenvalue weighted by molar-refractivity contribution is 7.92. The van der Waals surface area contributed by atoms with E-state index in [9.17, 15) is 17.6 Å². The van der Waals surface area contributed by atoms with E-state index in [-0.39, 0.29) is 16.5 Å². The summed E-state index contributed by atoms with van der Waals surface area (Å²) in [6.45, 7) is 1.27. The Kier molecular flexibility index (Phi) is 6.55. The Morgan fingerprint density at radius 2 is 1.53 bits per heavy atom. The molecule has 32 heavy (non-hydrogen) atoms. The van der Waals surface area contributed by atoms with Crippen molar-refractivity contribution in [1.82, 2.24) is 4.90 Å². The van der Waals surface area contributed by atoms with Crippen molar-refractivity contribution in [2.45, 2.75) is 24.2 Å². The van der Waals surface area contributed by atoms with Crippen LogP contribution in [0.1, 0.15) is 28.8 Å². The molecule has 1 N–H and O–H groups in total. The summed E-state index contributed by atoms with van der Waals surface area (Å²) in [4.78, 5) is 14.9. The number of carbonyl (C=O) groups excluding carboxylic acids is 1. The second kappa shape index (κ2) is 9.53. The molecule has 0 radical (unpaired) electrons. The molecule has 0 saturated carbocycles. The van der Waals surface area contributed by atoms with Crippen LogP contribution in [0.2, 0.25) is 0 Å². The summed E-state index contributed by atoms with van der Waals surface area (Å²) in [6, 6.07) is 21.5. The number of para-hydroxylation sites is 1. The molecule has 0 aliphatic carbocycles. The topological polar surface area (TPSA) is 66.5 Å². The van der Waals surface area contributed by atoms with Crippen LogP contribution in [-0.4, -0.2) is 32.3 Å². The van der Waals surface area contributed by atoms with Crippen molar-refractivity contribution in [3.63, 3.8) is 0 Å². The fourth-order valence-corrected chi connectivity index (χ4v) is 5.11. The van der Waals surface area contributed by atoms with Crippen molar-refractivity contribution in [3.05, 3.63) is 95.8 Å². The lowest BCUT2D eigenvalue weighted by atomic mass is 9.90. The zero-order valence-corrected chi connectivity index (χ0v) is 18.4. The largest absolute Gasteiger partial charge is 0.339 e. The number of nitrogens with one attached hydrogen (secondary N) is 1. The van der Waals surface area contributed by atoms with E-state index in [1.54, 1.807) is 29.2 Å². The van der Waals surface area contributed by atoms with E-state index in [2.05, 4.69) is 16.9 Å². The van der Waals surface area contributed by atoms with E-state index < -0.39 is 15.8 Å². The Bertz CT molecular complexity index is 1170. The van der Waals surface area contributed by atoms with Gasteiger partial charge in [-0.05, 0) is 67.1 Å². The lowest BCUT2D eigenvalue weighted by Crippen LogP contribution is -2.39. The number of anilines is 1. The molecule has 0 aromatic heterocycles. The monoisotopic (exact) mass is 452 g/mol. The molecule has 3 aromatic carbocycles. The van der Waals surface area contributed by atoms with Crippen LogP contribution in [0.5, 0.6) is 0 Å². The predicted octanol–water partition coefficient (Wildman–Crippen LogP) is 4.72. The maximum atomic E-state index is 13.2. The summed E-state index contributed by atoms with van der Waals surface area (Å²) in [5.41, 5.74) is 1.82. The molecular weight excluding hydrogens is 427 g/mol. The molecule has 0 bridgehead atoms. The van der Waals surface area contributed by atoms with Crippen molar-refractivity contribution in [1.29, 1.82) is 0 Å². The van der Waals surface area contributed by atoms with Crippen LogP contribution in [0, 0.1) is 11.7 Å². The first-order valence-corrected chi connectivity index (χ1v) is 12.1. The van der Waals surface area contributed by atoms with Crippen molar-refractivity contribution in [2.24, 2.45) is 5.92 Å². The van der Waals surface area contributed by atoms with Crippen molar-refractivity contribution >= 4 is 21.6 Å². The van der Waals surface area contributed by atoms with Gasteiger partial charge in [-0.25, -0.2) is 12.8 Å². The van der Waals surface area contributed by atoms with Crippen molar-refractivity contribution in [3.8, 4) is 0 Å². The maximum Gasteiger partial charge on any atom is 0.261 e. The highest BCUT2D eigenvalue weighted by atomic mass is 32.2. The molecule has 1 fully saturated rings. The summed E-state index contributed by atoms with van der Waals surface area (Å²) in [6.07, 6.45) is 2.81. The van der Waals surface area contributed by atoms with Crippen LogP contribution in [0.15, 0.2) is 83.8 Å². The van der Waals surface area contributed by atoms with Gasteiger partial charge in [0.15, 0.2) is 0 Å². The smallest absolute Gasteiger partial charge is 0.261 e. The van der Waals surface area contributed by atoms with Gasteiger partial charge in [-0.1, -0.05) is 42.5 Å². The molecule has 1 amide bonds. The van der Waals surface area contributed by atoms with E-state index in [1.807, 2.05) is 18.2 Å². The highest BCUT2D eigenvalue weighted by Crippen LogP contribution is 2.26. The Hall–Kier alpha value is -3.19.